The molecule has 0 saturated heterocycles. The molecule has 1 aromatic rings. The summed E-state index contributed by atoms with van der Waals surface area (Å²) in [4.78, 5) is 0. The molecule has 0 spiro atoms. The molecule has 0 N–H and O–H groups in total. The van der Waals surface area contributed by atoms with Gasteiger partial charge in [0.2, 0.25) is 0 Å². The van der Waals surface area contributed by atoms with Gasteiger partial charge >= 0.3 is 0 Å². The maximum atomic E-state index is 2.36. The first-order valence-electron chi connectivity index (χ1n) is 5.24. The van der Waals surface area contributed by atoms with E-state index < -0.39 is 0 Å². The molecule has 0 aliphatic carbocycles. The lowest BCUT2D eigenvalue weighted by molar-refractivity contribution is 1.35. The van der Waals surface area contributed by atoms with E-state index in [1.54, 1.807) is 10.9 Å². The summed E-state index contributed by atoms with van der Waals surface area (Å²) in [6, 6.07) is 2.36. The Morgan fingerprint density at radius 2 is 1.80 bits per heavy atom. The van der Waals surface area contributed by atoms with Gasteiger partial charge in [-0.05, 0) is 56.3 Å². The van der Waals surface area contributed by atoms with Crippen LogP contribution < -0.4 is 0 Å². The zero-order valence-corrected chi connectivity index (χ0v) is 11.5. The normalized spacial score (nSPS) is 17.5. The van der Waals surface area contributed by atoms with E-state index in [2.05, 4.69) is 39.6 Å². The molecule has 1 aliphatic rings. The highest BCUT2D eigenvalue weighted by molar-refractivity contribution is 7.46. The van der Waals surface area contributed by atoms with Gasteiger partial charge in [-0.1, -0.05) is 22.0 Å². The van der Waals surface area contributed by atoms with Crippen molar-refractivity contribution in [1.29, 1.82) is 0 Å². The number of aryl methyl sites for hydroxylation is 2. The zero-order chi connectivity index (χ0) is 11.0. The summed E-state index contributed by atoms with van der Waals surface area (Å²) < 4.78 is 0. The lowest BCUT2D eigenvalue weighted by Gasteiger charge is -2.07. The molecule has 0 bridgehead atoms. The standard InChI is InChI=1S/C13H16P2/c1-8-5-12(14-6-9(8)2)13-11(4)10(3)7-15-13/h5-6H,7H2,1-4H3. The molecule has 0 radical (unpaired) electrons. The molecule has 0 amide bonds. The van der Waals surface area contributed by atoms with Crippen LogP contribution in [0.3, 0.4) is 0 Å². The Kier molecular flexibility index (Phi) is 3.10. The molecule has 2 heteroatoms. The average Bonchev–Trinajstić information content (AvgIpc) is 2.53. The number of hydrogen-bond acceptors (Lipinski definition) is 0. The molecule has 0 aromatic carbocycles. The number of hydrogen-bond donors (Lipinski definition) is 0. The van der Waals surface area contributed by atoms with Crippen molar-refractivity contribution >= 4 is 21.7 Å². The van der Waals surface area contributed by atoms with Gasteiger partial charge in [0, 0.05) is 16.8 Å². The van der Waals surface area contributed by atoms with Gasteiger partial charge in [0.05, 0.1) is 0 Å². The second kappa shape index (κ2) is 4.20. The summed E-state index contributed by atoms with van der Waals surface area (Å²) >= 11 is 0. The van der Waals surface area contributed by atoms with Crippen molar-refractivity contribution in [2.45, 2.75) is 27.7 Å². The molecule has 2 rings (SSSR count). The van der Waals surface area contributed by atoms with Gasteiger partial charge in [0.25, 0.3) is 0 Å². The largest absolute Gasteiger partial charge is 0.0908 e. The van der Waals surface area contributed by atoms with Crippen LogP contribution in [0.2, 0.25) is 0 Å². The van der Waals surface area contributed by atoms with Crippen LogP contribution in [0, 0.1) is 13.8 Å². The molecule has 0 atom stereocenters. The first-order chi connectivity index (χ1) is 7.09. The van der Waals surface area contributed by atoms with Crippen molar-refractivity contribution in [1.82, 2.24) is 0 Å². The van der Waals surface area contributed by atoms with E-state index in [1.807, 2.05) is 0 Å². The van der Waals surface area contributed by atoms with Gasteiger partial charge in [-0.15, -0.1) is 0 Å². The Labute approximate surface area is 95.3 Å². The molecular formula is C13H16P2. The topological polar surface area (TPSA) is 0 Å². The van der Waals surface area contributed by atoms with Crippen LogP contribution in [-0.4, -0.2) is 11.5 Å². The lowest BCUT2D eigenvalue weighted by atomic mass is 10.1. The maximum absolute atomic E-state index is 2.36. The first-order valence-corrected chi connectivity index (χ1v) is 7.28. The third-order valence-electron chi connectivity index (χ3n) is 3.08. The smallest absolute Gasteiger partial charge is 0.0139 e. The quantitative estimate of drug-likeness (QED) is 0.618. The van der Waals surface area contributed by atoms with E-state index in [-0.39, 0.29) is 0 Å². The fourth-order valence-corrected chi connectivity index (χ4v) is 4.43. The highest BCUT2D eigenvalue weighted by Gasteiger charge is 2.13. The van der Waals surface area contributed by atoms with Gasteiger partial charge in [0.1, 0.15) is 0 Å². The van der Waals surface area contributed by atoms with Crippen LogP contribution in [0.25, 0.3) is 0 Å². The van der Waals surface area contributed by atoms with Crippen molar-refractivity contribution < 1.29 is 0 Å². The highest BCUT2D eigenvalue weighted by atomic mass is 31.1. The maximum Gasteiger partial charge on any atom is 0.0139 e. The van der Waals surface area contributed by atoms with Gasteiger partial charge in [0.15, 0.2) is 0 Å². The Hall–Kier alpha value is -0.440. The summed E-state index contributed by atoms with van der Waals surface area (Å²) in [6.45, 7) is 8.92. The van der Waals surface area contributed by atoms with Crippen LogP contribution in [0.15, 0.2) is 23.0 Å². The third-order valence-corrected chi connectivity index (χ3v) is 5.93. The monoisotopic (exact) mass is 234 g/mol. The van der Waals surface area contributed by atoms with Crippen molar-refractivity contribution in [3.8, 4) is 0 Å². The molecule has 2 heterocycles. The van der Waals surface area contributed by atoms with E-state index in [0.29, 0.717) is 0 Å². The van der Waals surface area contributed by atoms with Crippen molar-refractivity contribution in [2.24, 2.45) is 0 Å². The zero-order valence-electron chi connectivity index (χ0n) is 9.76. The molecule has 1 aliphatic heterocycles. The minimum absolute atomic E-state index is 1.23. The summed E-state index contributed by atoms with van der Waals surface area (Å²) in [5.41, 5.74) is 5.93. The van der Waals surface area contributed by atoms with Crippen LogP contribution in [0.5, 0.6) is 0 Å². The van der Waals surface area contributed by atoms with Crippen molar-refractivity contribution in [2.75, 3.05) is 6.16 Å². The first kappa shape index (κ1) is 11.1. The number of rotatable bonds is 1. The molecule has 0 nitrogen and oxygen atoms in total. The second-order valence-electron chi connectivity index (χ2n) is 4.22. The van der Waals surface area contributed by atoms with E-state index in [9.17, 15) is 0 Å². The van der Waals surface area contributed by atoms with E-state index in [4.69, 9.17) is 0 Å². The molecule has 0 fully saturated rings. The van der Waals surface area contributed by atoms with Crippen LogP contribution in [0.4, 0.5) is 0 Å². The summed E-state index contributed by atoms with van der Waals surface area (Å²) in [6.07, 6.45) is 1.23. The van der Waals surface area contributed by atoms with Crippen LogP contribution >= 0.6 is 16.4 Å². The SMILES string of the molecule is CC1=C(C)C(c2cc(C)c(C)cp2)=PC1. The van der Waals surface area contributed by atoms with Crippen LogP contribution in [-0.2, 0) is 0 Å². The summed E-state index contributed by atoms with van der Waals surface area (Å²) in [7, 11) is 2.87. The minimum Gasteiger partial charge on any atom is -0.0908 e. The predicted molar refractivity (Wildman–Crippen MR) is 72.7 cm³/mol. The summed E-state index contributed by atoms with van der Waals surface area (Å²) in [5.74, 6) is 2.33. The second-order valence-corrected chi connectivity index (χ2v) is 6.30. The average molecular weight is 234 g/mol. The molecular weight excluding hydrogens is 218 g/mol. The van der Waals surface area contributed by atoms with Crippen molar-refractivity contribution in [3.05, 3.63) is 39.4 Å². The van der Waals surface area contributed by atoms with Crippen LogP contribution in [0.1, 0.15) is 30.3 Å². The Morgan fingerprint density at radius 1 is 1.07 bits per heavy atom. The fourth-order valence-electron chi connectivity index (χ4n) is 1.66. The van der Waals surface area contributed by atoms with E-state index >= 15 is 0 Å². The summed E-state index contributed by atoms with van der Waals surface area (Å²) in [5, 5.41) is 3.08. The Balaban J connectivity index is 2.44. The molecule has 78 valence electrons. The predicted octanol–water partition coefficient (Wildman–Crippen LogP) is 4.70. The molecule has 0 saturated carbocycles. The molecule has 0 unspecified atom stereocenters. The Bertz CT molecular complexity index is 467. The molecule has 1 aromatic heterocycles. The fraction of sp³-hybridized carbons (Fsp3) is 0.385. The van der Waals surface area contributed by atoms with Gasteiger partial charge in [-0.2, -0.15) is 0 Å². The molecule has 15 heavy (non-hydrogen) atoms. The highest BCUT2D eigenvalue weighted by Crippen LogP contribution is 2.32. The van der Waals surface area contributed by atoms with E-state index in [0.717, 1.165) is 0 Å². The number of allylic oxidation sites excluding steroid dienone is 2. The van der Waals surface area contributed by atoms with Gasteiger partial charge in [-0.25, -0.2) is 0 Å². The third kappa shape index (κ3) is 2.07. The minimum atomic E-state index is 1.23. The van der Waals surface area contributed by atoms with Gasteiger partial charge < -0.3 is 0 Å². The van der Waals surface area contributed by atoms with E-state index in [1.165, 1.54) is 44.6 Å². The van der Waals surface area contributed by atoms with Gasteiger partial charge in [-0.3, -0.25) is 0 Å². The Morgan fingerprint density at radius 3 is 2.33 bits per heavy atom. The van der Waals surface area contributed by atoms with Crippen molar-refractivity contribution in [3.63, 3.8) is 0 Å². The lowest BCUT2D eigenvalue weighted by Crippen LogP contribution is -1.96.